The number of benzene rings is 1. The van der Waals surface area contributed by atoms with Crippen LogP contribution in [0.5, 0.6) is 0 Å². The zero-order valence-corrected chi connectivity index (χ0v) is 11.7. The molecule has 4 rings (SSSR count). The lowest BCUT2D eigenvalue weighted by molar-refractivity contribution is 0.390. The normalized spacial score (nSPS) is 20.4. The summed E-state index contributed by atoms with van der Waals surface area (Å²) in [6, 6.07) is 6.26. The van der Waals surface area contributed by atoms with Crippen molar-refractivity contribution in [2.45, 2.75) is 31.6 Å². The van der Waals surface area contributed by atoms with E-state index in [0.29, 0.717) is 5.92 Å². The second kappa shape index (κ2) is 5.09. The van der Waals surface area contributed by atoms with E-state index in [1.807, 2.05) is 6.07 Å². The van der Waals surface area contributed by atoms with E-state index in [0.717, 1.165) is 48.2 Å². The molecule has 1 aromatic carbocycles. The van der Waals surface area contributed by atoms with Gasteiger partial charge in [0.05, 0.1) is 0 Å². The lowest BCUT2D eigenvalue weighted by atomic mass is 9.98. The van der Waals surface area contributed by atoms with E-state index in [1.54, 1.807) is 0 Å². The Labute approximate surface area is 118 Å². The molecule has 20 heavy (non-hydrogen) atoms. The molecule has 1 aliphatic heterocycles. The second-order valence-electron chi connectivity index (χ2n) is 6.08. The Morgan fingerprint density at radius 3 is 2.85 bits per heavy atom. The Hall–Kier alpha value is -1.55. The molecule has 2 aliphatic rings. The summed E-state index contributed by atoms with van der Waals surface area (Å²) < 4.78 is 5.79. The highest BCUT2D eigenvalue weighted by atomic mass is 16.3. The average Bonchev–Trinajstić information content (AvgIpc) is 3.26. The minimum Gasteiger partial charge on any atom is -0.440 e. The molecule has 2 N–H and O–H groups in total. The SMILES string of the molecule is c1cc2oc(C3CC3)nc2cc1NCC1CCNCC1. The predicted octanol–water partition coefficient (Wildman–Crippen LogP) is 3.12. The van der Waals surface area contributed by atoms with Crippen molar-refractivity contribution in [1.29, 1.82) is 0 Å². The van der Waals surface area contributed by atoms with Gasteiger partial charge in [-0.15, -0.1) is 0 Å². The summed E-state index contributed by atoms with van der Waals surface area (Å²) in [5.74, 6) is 2.29. The van der Waals surface area contributed by atoms with Gasteiger partial charge in [0.1, 0.15) is 5.52 Å². The quantitative estimate of drug-likeness (QED) is 0.897. The molecule has 1 saturated carbocycles. The highest BCUT2D eigenvalue weighted by Crippen LogP contribution is 2.40. The molecule has 4 heteroatoms. The molecule has 2 fully saturated rings. The van der Waals surface area contributed by atoms with Crippen LogP contribution in [0.25, 0.3) is 11.1 Å². The lowest BCUT2D eigenvalue weighted by Gasteiger charge is -2.23. The molecule has 0 unspecified atom stereocenters. The van der Waals surface area contributed by atoms with E-state index in [2.05, 4.69) is 27.8 Å². The van der Waals surface area contributed by atoms with Crippen LogP contribution in [-0.4, -0.2) is 24.6 Å². The van der Waals surface area contributed by atoms with Gasteiger partial charge in [0.25, 0.3) is 0 Å². The van der Waals surface area contributed by atoms with E-state index in [-0.39, 0.29) is 0 Å². The molecular formula is C16H21N3O. The number of oxazole rings is 1. The molecule has 0 amide bonds. The number of aromatic nitrogens is 1. The Balaban J connectivity index is 1.45. The van der Waals surface area contributed by atoms with Crippen LogP contribution < -0.4 is 10.6 Å². The lowest BCUT2D eigenvalue weighted by Crippen LogP contribution is -2.31. The van der Waals surface area contributed by atoms with Crippen molar-refractivity contribution in [3.8, 4) is 0 Å². The van der Waals surface area contributed by atoms with Crippen molar-refractivity contribution in [3.05, 3.63) is 24.1 Å². The van der Waals surface area contributed by atoms with Gasteiger partial charge >= 0.3 is 0 Å². The number of hydrogen-bond acceptors (Lipinski definition) is 4. The summed E-state index contributed by atoms with van der Waals surface area (Å²) in [6.45, 7) is 3.36. The molecule has 0 spiro atoms. The summed E-state index contributed by atoms with van der Waals surface area (Å²) in [4.78, 5) is 4.61. The van der Waals surface area contributed by atoms with Crippen LogP contribution >= 0.6 is 0 Å². The van der Waals surface area contributed by atoms with E-state index >= 15 is 0 Å². The van der Waals surface area contributed by atoms with Gasteiger partial charge < -0.3 is 15.1 Å². The molecule has 106 valence electrons. The molecule has 0 radical (unpaired) electrons. The first kappa shape index (κ1) is 12.2. The maximum Gasteiger partial charge on any atom is 0.198 e. The summed E-state index contributed by atoms with van der Waals surface area (Å²) >= 11 is 0. The molecule has 2 aromatic rings. The smallest absolute Gasteiger partial charge is 0.198 e. The summed E-state index contributed by atoms with van der Waals surface area (Å²) in [7, 11) is 0. The third kappa shape index (κ3) is 2.52. The van der Waals surface area contributed by atoms with Crippen molar-refractivity contribution < 1.29 is 4.42 Å². The van der Waals surface area contributed by atoms with Crippen LogP contribution in [0.1, 0.15) is 37.5 Å². The zero-order chi connectivity index (χ0) is 13.4. The van der Waals surface area contributed by atoms with E-state index in [9.17, 15) is 0 Å². The molecule has 0 bridgehead atoms. The van der Waals surface area contributed by atoms with Crippen molar-refractivity contribution in [3.63, 3.8) is 0 Å². The van der Waals surface area contributed by atoms with Gasteiger partial charge in [0.15, 0.2) is 11.5 Å². The Bertz CT molecular complexity index is 597. The fourth-order valence-corrected chi connectivity index (χ4v) is 2.91. The minimum absolute atomic E-state index is 0.577. The van der Waals surface area contributed by atoms with Gasteiger partial charge in [-0.1, -0.05) is 0 Å². The van der Waals surface area contributed by atoms with Crippen molar-refractivity contribution in [2.75, 3.05) is 25.0 Å². The molecule has 1 aromatic heterocycles. The number of piperidine rings is 1. The number of rotatable bonds is 4. The van der Waals surface area contributed by atoms with Gasteiger partial charge in [-0.25, -0.2) is 4.98 Å². The number of nitrogens with zero attached hydrogens (tertiary/aromatic N) is 1. The van der Waals surface area contributed by atoms with Crippen LogP contribution in [0.2, 0.25) is 0 Å². The molecule has 4 nitrogen and oxygen atoms in total. The number of hydrogen-bond donors (Lipinski definition) is 2. The average molecular weight is 271 g/mol. The number of nitrogens with one attached hydrogen (secondary N) is 2. The van der Waals surface area contributed by atoms with Crippen molar-refractivity contribution in [1.82, 2.24) is 10.3 Å². The predicted molar refractivity (Wildman–Crippen MR) is 80.1 cm³/mol. The van der Waals surface area contributed by atoms with Gasteiger partial charge in [-0.2, -0.15) is 0 Å². The molecule has 0 atom stereocenters. The van der Waals surface area contributed by atoms with Crippen LogP contribution in [0.15, 0.2) is 22.6 Å². The van der Waals surface area contributed by atoms with Crippen LogP contribution in [0, 0.1) is 5.92 Å². The molecule has 1 aliphatic carbocycles. The van der Waals surface area contributed by atoms with Gasteiger partial charge in [0.2, 0.25) is 0 Å². The maximum absolute atomic E-state index is 5.79. The Morgan fingerprint density at radius 2 is 2.05 bits per heavy atom. The Morgan fingerprint density at radius 1 is 1.20 bits per heavy atom. The topological polar surface area (TPSA) is 50.1 Å². The first-order valence-corrected chi connectivity index (χ1v) is 7.73. The summed E-state index contributed by atoms with van der Waals surface area (Å²) in [5.41, 5.74) is 3.06. The summed E-state index contributed by atoms with van der Waals surface area (Å²) in [5, 5.41) is 6.96. The monoisotopic (exact) mass is 271 g/mol. The standard InChI is InChI=1S/C16H21N3O/c1-2-12(1)16-19-14-9-13(3-4-15(14)20-16)18-10-11-5-7-17-8-6-11/h3-4,9,11-12,17-18H,1-2,5-8,10H2. The number of anilines is 1. The fourth-order valence-electron chi connectivity index (χ4n) is 2.91. The van der Waals surface area contributed by atoms with Gasteiger partial charge in [0, 0.05) is 18.2 Å². The zero-order valence-electron chi connectivity index (χ0n) is 11.7. The summed E-state index contributed by atoms with van der Waals surface area (Å²) in [6.07, 6.45) is 5.00. The van der Waals surface area contributed by atoms with Crippen molar-refractivity contribution >= 4 is 16.8 Å². The fraction of sp³-hybridized carbons (Fsp3) is 0.562. The molecule has 2 heterocycles. The van der Waals surface area contributed by atoms with Gasteiger partial charge in [-0.05, 0) is 62.9 Å². The first-order chi connectivity index (χ1) is 9.88. The third-order valence-electron chi connectivity index (χ3n) is 4.38. The van der Waals surface area contributed by atoms with E-state index in [4.69, 9.17) is 4.42 Å². The molecular weight excluding hydrogens is 250 g/mol. The van der Waals surface area contributed by atoms with E-state index in [1.165, 1.54) is 25.7 Å². The third-order valence-corrected chi connectivity index (χ3v) is 4.38. The van der Waals surface area contributed by atoms with E-state index < -0.39 is 0 Å². The minimum atomic E-state index is 0.577. The first-order valence-electron chi connectivity index (χ1n) is 7.73. The van der Waals surface area contributed by atoms with Crippen LogP contribution in [0.4, 0.5) is 5.69 Å². The highest BCUT2D eigenvalue weighted by molar-refractivity contribution is 5.77. The maximum atomic E-state index is 5.79. The second-order valence-corrected chi connectivity index (χ2v) is 6.08. The van der Waals surface area contributed by atoms with Crippen LogP contribution in [0.3, 0.4) is 0 Å². The largest absolute Gasteiger partial charge is 0.440 e. The number of fused-ring (bicyclic) bond motifs is 1. The Kier molecular flexibility index (Phi) is 3.11. The van der Waals surface area contributed by atoms with Crippen molar-refractivity contribution in [2.24, 2.45) is 5.92 Å². The van der Waals surface area contributed by atoms with Crippen LogP contribution in [-0.2, 0) is 0 Å². The van der Waals surface area contributed by atoms with Gasteiger partial charge in [-0.3, -0.25) is 0 Å². The molecule has 1 saturated heterocycles. The highest BCUT2D eigenvalue weighted by Gasteiger charge is 2.28.